The predicted octanol–water partition coefficient (Wildman–Crippen LogP) is 1.48. The van der Waals surface area contributed by atoms with Crippen molar-refractivity contribution in [1.82, 2.24) is 14.4 Å². The SMILES string of the molecule is NC(=O)c1ccc(NCCc2cnc3ccccn23)nc1. The van der Waals surface area contributed by atoms with Crippen molar-refractivity contribution in [2.24, 2.45) is 5.73 Å². The second-order valence-electron chi connectivity index (χ2n) is 4.65. The number of primary amides is 1. The second-order valence-corrected chi connectivity index (χ2v) is 4.65. The van der Waals surface area contributed by atoms with E-state index >= 15 is 0 Å². The van der Waals surface area contributed by atoms with E-state index in [0.717, 1.165) is 24.3 Å². The number of carbonyl (C=O) groups excluding carboxylic acids is 1. The van der Waals surface area contributed by atoms with E-state index in [-0.39, 0.29) is 0 Å². The number of hydrogen-bond donors (Lipinski definition) is 2. The van der Waals surface area contributed by atoms with Crippen LogP contribution in [0.15, 0.2) is 48.9 Å². The van der Waals surface area contributed by atoms with Gasteiger partial charge in [-0.2, -0.15) is 0 Å². The summed E-state index contributed by atoms with van der Waals surface area (Å²) >= 11 is 0. The van der Waals surface area contributed by atoms with Crippen LogP contribution in [0.1, 0.15) is 16.1 Å². The quantitative estimate of drug-likeness (QED) is 0.742. The molecule has 0 aliphatic carbocycles. The molecule has 3 N–H and O–H groups in total. The Kier molecular flexibility index (Phi) is 3.51. The topological polar surface area (TPSA) is 85.3 Å². The fourth-order valence-corrected chi connectivity index (χ4v) is 2.13. The maximum Gasteiger partial charge on any atom is 0.250 e. The van der Waals surface area contributed by atoms with E-state index in [4.69, 9.17) is 5.73 Å². The van der Waals surface area contributed by atoms with Crippen LogP contribution in [0.5, 0.6) is 0 Å². The lowest BCUT2D eigenvalue weighted by atomic mass is 10.2. The largest absolute Gasteiger partial charge is 0.370 e. The standard InChI is InChI=1S/C15H15N5O/c16-15(21)11-4-5-13(18-9-11)17-7-6-12-10-19-14-3-1-2-8-20(12)14/h1-5,8-10H,6-7H2,(H2,16,21)(H,17,18). The van der Waals surface area contributed by atoms with Crippen LogP contribution in [-0.2, 0) is 6.42 Å². The first-order chi connectivity index (χ1) is 10.2. The van der Waals surface area contributed by atoms with Gasteiger partial charge in [-0.25, -0.2) is 9.97 Å². The highest BCUT2D eigenvalue weighted by molar-refractivity contribution is 5.92. The van der Waals surface area contributed by atoms with E-state index in [9.17, 15) is 4.79 Å². The normalized spacial score (nSPS) is 10.7. The number of nitrogens with one attached hydrogen (secondary N) is 1. The monoisotopic (exact) mass is 281 g/mol. The van der Waals surface area contributed by atoms with Gasteiger partial charge in [-0.15, -0.1) is 0 Å². The molecule has 0 fully saturated rings. The van der Waals surface area contributed by atoms with Crippen LogP contribution in [0.2, 0.25) is 0 Å². The summed E-state index contributed by atoms with van der Waals surface area (Å²) in [6.45, 7) is 0.728. The summed E-state index contributed by atoms with van der Waals surface area (Å²) in [5.74, 6) is 0.244. The zero-order chi connectivity index (χ0) is 14.7. The number of imidazole rings is 1. The van der Waals surface area contributed by atoms with Gasteiger partial charge in [-0.1, -0.05) is 6.07 Å². The number of hydrogen-bond acceptors (Lipinski definition) is 4. The molecule has 3 aromatic rings. The number of fused-ring (bicyclic) bond motifs is 1. The molecule has 0 aliphatic rings. The number of pyridine rings is 2. The Balaban J connectivity index is 1.62. The molecule has 0 bridgehead atoms. The molecule has 1 amide bonds. The molecule has 0 aromatic carbocycles. The molecule has 6 heteroatoms. The fourth-order valence-electron chi connectivity index (χ4n) is 2.13. The lowest BCUT2D eigenvalue weighted by Gasteiger charge is -2.06. The molecule has 3 aromatic heterocycles. The Morgan fingerprint density at radius 1 is 1.19 bits per heavy atom. The van der Waals surface area contributed by atoms with Gasteiger partial charge in [0, 0.05) is 37.3 Å². The minimum Gasteiger partial charge on any atom is -0.370 e. The van der Waals surface area contributed by atoms with Crippen molar-refractivity contribution in [3.8, 4) is 0 Å². The van der Waals surface area contributed by atoms with Crippen molar-refractivity contribution in [1.29, 1.82) is 0 Å². The number of carbonyl (C=O) groups is 1. The smallest absolute Gasteiger partial charge is 0.250 e. The van der Waals surface area contributed by atoms with Crippen LogP contribution >= 0.6 is 0 Å². The van der Waals surface area contributed by atoms with Crippen molar-refractivity contribution >= 4 is 17.4 Å². The number of rotatable bonds is 5. The minimum absolute atomic E-state index is 0.405. The molecule has 0 saturated carbocycles. The second kappa shape index (κ2) is 5.62. The van der Waals surface area contributed by atoms with Crippen molar-refractivity contribution in [2.45, 2.75) is 6.42 Å². The Bertz CT molecular complexity index is 763. The van der Waals surface area contributed by atoms with Crippen LogP contribution in [0.4, 0.5) is 5.82 Å². The number of nitrogens with zero attached hydrogens (tertiary/aromatic N) is 3. The minimum atomic E-state index is -0.472. The molecule has 6 nitrogen and oxygen atoms in total. The molecule has 0 saturated heterocycles. The maximum atomic E-state index is 11.0. The summed E-state index contributed by atoms with van der Waals surface area (Å²) in [5, 5.41) is 3.21. The molecule has 0 spiro atoms. The van der Waals surface area contributed by atoms with Gasteiger partial charge in [0.15, 0.2) is 0 Å². The van der Waals surface area contributed by atoms with E-state index in [1.165, 1.54) is 6.20 Å². The first-order valence-corrected chi connectivity index (χ1v) is 6.65. The maximum absolute atomic E-state index is 11.0. The Labute approximate surface area is 121 Å². The highest BCUT2D eigenvalue weighted by atomic mass is 16.1. The first kappa shape index (κ1) is 13.1. The molecule has 0 unspecified atom stereocenters. The zero-order valence-corrected chi connectivity index (χ0v) is 11.4. The van der Waals surface area contributed by atoms with Crippen LogP contribution in [0.3, 0.4) is 0 Å². The van der Waals surface area contributed by atoms with Gasteiger partial charge in [-0.3, -0.25) is 4.79 Å². The van der Waals surface area contributed by atoms with Gasteiger partial charge < -0.3 is 15.5 Å². The van der Waals surface area contributed by atoms with Crippen molar-refractivity contribution < 1.29 is 4.79 Å². The number of nitrogens with two attached hydrogens (primary N) is 1. The van der Waals surface area contributed by atoms with Crippen molar-refractivity contribution in [2.75, 3.05) is 11.9 Å². The van der Waals surface area contributed by atoms with Gasteiger partial charge in [-0.05, 0) is 24.3 Å². The molecule has 0 radical (unpaired) electrons. The number of amides is 1. The van der Waals surface area contributed by atoms with Gasteiger partial charge in [0.05, 0.1) is 5.56 Å². The van der Waals surface area contributed by atoms with Gasteiger partial charge in [0.1, 0.15) is 11.5 Å². The van der Waals surface area contributed by atoms with E-state index in [1.54, 1.807) is 12.1 Å². The van der Waals surface area contributed by atoms with Crippen LogP contribution in [0.25, 0.3) is 5.65 Å². The summed E-state index contributed by atoms with van der Waals surface area (Å²) < 4.78 is 2.06. The summed E-state index contributed by atoms with van der Waals surface area (Å²) in [6, 6.07) is 9.33. The highest BCUT2D eigenvalue weighted by Crippen LogP contribution is 2.08. The molecule has 0 atom stereocenters. The molecular weight excluding hydrogens is 266 g/mol. The third-order valence-electron chi connectivity index (χ3n) is 3.23. The summed E-state index contributed by atoms with van der Waals surface area (Å²) in [5.41, 5.74) is 7.65. The molecule has 0 aliphatic heterocycles. The van der Waals surface area contributed by atoms with Crippen LogP contribution < -0.4 is 11.1 Å². The number of anilines is 1. The Morgan fingerprint density at radius 3 is 2.86 bits per heavy atom. The Morgan fingerprint density at radius 2 is 2.10 bits per heavy atom. The first-order valence-electron chi connectivity index (χ1n) is 6.65. The van der Waals surface area contributed by atoms with E-state index in [0.29, 0.717) is 11.4 Å². The lowest BCUT2D eigenvalue weighted by Crippen LogP contribution is -2.12. The highest BCUT2D eigenvalue weighted by Gasteiger charge is 2.03. The molecular formula is C15H15N5O. The fraction of sp³-hybridized carbons (Fsp3) is 0.133. The van der Waals surface area contributed by atoms with Gasteiger partial charge >= 0.3 is 0 Å². The van der Waals surface area contributed by atoms with Crippen molar-refractivity contribution in [3.05, 3.63) is 60.2 Å². The third kappa shape index (κ3) is 2.84. The van der Waals surface area contributed by atoms with E-state index in [1.807, 2.05) is 30.6 Å². The van der Waals surface area contributed by atoms with E-state index < -0.39 is 5.91 Å². The zero-order valence-electron chi connectivity index (χ0n) is 11.4. The molecule has 3 heterocycles. The molecule has 21 heavy (non-hydrogen) atoms. The van der Waals surface area contributed by atoms with Crippen molar-refractivity contribution in [3.63, 3.8) is 0 Å². The predicted molar refractivity (Wildman–Crippen MR) is 80.1 cm³/mol. The van der Waals surface area contributed by atoms with Crippen LogP contribution in [-0.4, -0.2) is 26.8 Å². The summed E-state index contributed by atoms with van der Waals surface area (Å²) in [4.78, 5) is 19.4. The summed E-state index contributed by atoms with van der Waals surface area (Å²) in [6.07, 6.45) is 6.17. The van der Waals surface area contributed by atoms with E-state index in [2.05, 4.69) is 19.7 Å². The molecule has 106 valence electrons. The summed E-state index contributed by atoms with van der Waals surface area (Å²) in [7, 11) is 0. The average Bonchev–Trinajstić information content (AvgIpc) is 2.91. The van der Waals surface area contributed by atoms with Gasteiger partial charge in [0.2, 0.25) is 5.91 Å². The van der Waals surface area contributed by atoms with Gasteiger partial charge in [0.25, 0.3) is 0 Å². The number of aromatic nitrogens is 3. The third-order valence-corrected chi connectivity index (χ3v) is 3.23. The van der Waals surface area contributed by atoms with Crippen LogP contribution in [0, 0.1) is 0 Å². The Hall–Kier alpha value is -2.89. The lowest BCUT2D eigenvalue weighted by molar-refractivity contribution is 0.1000. The average molecular weight is 281 g/mol. The molecule has 3 rings (SSSR count).